The van der Waals surface area contributed by atoms with E-state index in [1.807, 2.05) is 32.0 Å². The number of anilines is 1. The first kappa shape index (κ1) is 19.2. The molecule has 0 aliphatic heterocycles. The molecule has 0 spiro atoms. The van der Waals surface area contributed by atoms with E-state index in [0.29, 0.717) is 22.3 Å². The third-order valence-corrected chi connectivity index (χ3v) is 4.82. The van der Waals surface area contributed by atoms with E-state index in [4.69, 9.17) is 23.2 Å². The summed E-state index contributed by atoms with van der Waals surface area (Å²) >= 11 is 12.0. The van der Waals surface area contributed by atoms with Gasteiger partial charge in [-0.05, 0) is 66.9 Å². The van der Waals surface area contributed by atoms with Crippen LogP contribution in [0.4, 0.5) is 5.69 Å². The van der Waals surface area contributed by atoms with E-state index >= 15 is 0 Å². The van der Waals surface area contributed by atoms with Crippen LogP contribution in [0.15, 0.2) is 59.5 Å². The van der Waals surface area contributed by atoms with E-state index in [1.54, 1.807) is 30.5 Å². The third-order valence-electron chi connectivity index (χ3n) is 4.08. The number of nitrogens with zero attached hydrogens (tertiary/aromatic N) is 1. The Morgan fingerprint density at radius 2 is 1.70 bits per heavy atom. The van der Waals surface area contributed by atoms with Crippen molar-refractivity contribution in [3.05, 3.63) is 97.4 Å². The van der Waals surface area contributed by atoms with Crippen molar-refractivity contribution >= 4 is 34.8 Å². The smallest absolute Gasteiger partial charge is 0.263 e. The Bertz CT molecular complexity index is 1050. The average Bonchev–Trinajstić information content (AvgIpc) is 2.59. The van der Waals surface area contributed by atoms with Gasteiger partial charge in [-0.25, -0.2) is 0 Å². The Balaban J connectivity index is 1.86. The highest BCUT2D eigenvalue weighted by atomic mass is 35.5. The summed E-state index contributed by atoms with van der Waals surface area (Å²) < 4.78 is 1.47. The summed E-state index contributed by atoms with van der Waals surface area (Å²) in [5.74, 6) is -0.437. The fourth-order valence-electron chi connectivity index (χ4n) is 2.91. The molecule has 0 saturated carbocycles. The SMILES string of the molecule is Cc1cc(C)cc(NC(=O)c2cccn(Cc3ccc(Cl)c(Cl)c3)c2=O)c1. The molecule has 1 aromatic heterocycles. The van der Waals surface area contributed by atoms with Crippen molar-refractivity contribution in [3.63, 3.8) is 0 Å². The molecule has 0 aliphatic rings. The van der Waals surface area contributed by atoms with Gasteiger partial charge in [0.1, 0.15) is 5.56 Å². The van der Waals surface area contributed by atoms with Crippen molar-refractivity contribution in [2.45, 2.75) is 20.4 Å². The second kappa shape index (κ2) is 7.99. The number of amides is 1. The highest BCUT2D eigenvalue weighted by molar-refractivity contribution is 6.42. The number of aryl methyl sites for hydroxylation is 2. The molecule has 0 fully saturated rings. The molecular formula is C21H18Cl2N2O2. The van der Waals surface area contributed by atoms with E-state index < -0.39 is 5.91 Å². The second-order valence-corrected chi connectivity index (χ2v) is 7.25. The van der Waals surface area contributed by atoms with Crippen LogP contribution >= 0.6 is 23.2 Å². The van der Waals surface area contributed by atoms with Gasteiger partial charge in [0.2, 0.25) is 0 Å². The normalized spacial score (nSPS) is 10.7. The maximum atomic E-state index is 12.7. The van der Waals surface area contributed by atoms with Crippen molar-refractivity contribution in [1.82, 2.24) is 4.57 Å². The zero-order valence-corrected chi connectivity index (χ0v) is 16.4. The third kappa shape index (κ3) is 4.59. The number of pyridine rings is 1. The Kier molecular flexibility index (Phi) is 5.68. The number of aromatic nitrogens is 1. The molecule has 0 unspecified atom stereocenters. The Morgan fingerprint density at radius 3 is 2.37 bits per heavy atom. The van der Waals surface area contributed by atoms with E-state index in [-0.39, 0.29) is 11.1 Å². The van der Waals surface area contributed by atoms with Crippen molar-refractivity contribution < 1.29 is 4.79 Å². The highest BCUT2D eigenvalue weighted by Crippen LogP contribution is 2.22. The maximum absolute atomic E-state index is 12.7. The van der Waals surface area contributed by atoms with Crippen molar-refractivity contribution in [2.75, 3.05) is 5.32 Å². The molecule has 0 atom stereocenters. The molecule has 1 heterocycles. The maximum Gasteiger partial charge on any atom is 0.263 e. The largest absolute Gasteiger partial charge is 0.322 e. The molecule has 3 aromatic rings. The first-order valence-electron chi connectivity index (χ1n) is 8.36. The highest BCUT2D eigenvalue weighted by Gasteiger charge is 2.13. The predicted molar refractivity (Wildman–Crippen MR) is 110 cm³/mol. The molecule has 27 heavy (non-hydrogen) atoms. The average molecular weight is 401 g/mol. The van der Waals surface area contributed by atoms with E-state index in [2.05, 4.69) is 5.32 Å². The summed E-state index contributed by atoms with van der Waals surface area (Å²) in [5, 5.41) is 3.67. The lowest BCUT2D eigenvalue weighted by Gasteiger charge is -2.10. The van der Waals surface area contributed by atoms with Crippen LogP contribution in [0.2, 0.25) is 10.0 Å². The minimum atomic E-state index is -0.437. The lowest BCUT2D eigenvalue weighted by molar-refractivity contribution is 0.102. The van der Waals surface area contributed by atoms with Gasteiger partial charge in [0.05, 0.1) is 16.6 Å². The molecule has 0 saturated heterocycles. The van der Waals surface area contributed by atoms with Crippen molar-refractivity contribution in [3.8, 4) is 0 Å². The van der Waals surface area contributed by atoms with Gasteiger partial charge in [-0.2, -0.15) is 0 Å². The van der Waals surface area contributed by atoms with Crippen molar-refractivity contribution in [2.24, 2.45) is 0 Å². The summed E-state index contributed by atoms with van der Waals surface area (Å²) in [6.07, 6.45) is 1.64. The molecule has 1 N–H and O–H groups in total. The standard InChI is InChI=1S/C21H18Cl2N2O2/c1-13-8-14(2)10-16(9-13)24-20(26)17-4-3-7-25(21(17)27)12-15-5-6-18(22)19(23)11-15/h3-11H,12H2,1-2H3,(H,24,26). The van der Waals surface area contributed by atoms with Gasteiger partial charge in [0.15, 0.2) is 0 Å². The summed E-state index contributed by atoms with van der Waals surface area (Å²) in [7, 11) is 0. The Labute approximate surface area is 167 Å². The zero-order chi connectivity index (χ0) is 19.6. The van der Waals surface area contributed by atoms with Crippen LogP contribution in [0.5, 0.6) is 0 Å². The molecule has 3 rings (SSSR count). The van der Waals surface area contributed by atoms with E-state index in [0.717, 1.165) is 16.7 Å². The van der Waals surface area contributed by atoms with Crippen LogP contribution in [-0.2, 0) is 6.54 Å². The van der Waals surface area contributed by atoms with Crippen LogP contribution in [0.3, 0.4) is 0 Å². The molecule has 0 radical (unpaired) electrons. The van der Waals surface area contributed by atoms with Gasteiger partial charge < -0.3 is 9.88 Å². The number of hydrogen-bond donors (Lipinski definition) is 1. The first-order chi connectivity index (χ1) is 12.8. The number of halogens is 2. The second-order valence-electron chi connectivity index (χ2n) is 6.43. The van der Waals surface area contributed by atoms with Crippen molar-refractivity contribution in [1.29, 1.82) is 0 Å². The van der Waals surface area contributed by atoms with Crippen LogP contribution in [0.1, 0.15) is 27.0 Å². The molecular weight excluding hydrogens is 383 g/mol. The van der Waals surface area contributed by atoms with Gasteiger partial charge >= 0.3 is 0 Å². The monoisotopic (exact) mass is 400 g/mol. The number of hydrogen-bond acceptors (Lipinski definition) is 2. The summed E-state index contributed by atoms with van der Waals surface area (Å²) in [4.78, 5) is 25.3. The molecule has 0 aliphatic carbocycles. The fourth-order valence-corrected chi connectivity index (χ4v) is 3.23. The number of benzene rings is 2. The lowest BCUT2D eigenvalue weighted by atomic mass is 10.1. The molecule has 1 amide bonds. The molecule has 138 valence electrons. The predicted octanol–water partition coefficient (Wildman–Crippen LogP) is 5.07. The minimum absolute atomic E-state index is 0.0803. The minimum Gasteiger partial charge on any atom is -0.322 e. The van der Waals surface area contributed by atoms with E-state index in [9.17, 15) is 9.59 Å². The Hall–Kier alpha value is -2.56. The molecule has 0 bridgehead atoms. The first-order valence-corrected chi connectivity index (χ1v) is 9.12. The lowest BCUT2D eigenvalue weighted by Crippen LogP contribution is -2.29. The quantitative estimate of drug-likeness (QED) is 0.664. The van der Waals surface area contributed by atoms with Crippen LogP contribution in [0, 0.1) is 13.8 Å². The van der Waals surface area contributed by atoms with Gasteiger partial charge in [-0.1, -0.05) is 35.3 Å². The topological polar surface area (TPSA) is 51.1 Å². The van der Waals surface area contributed by atoms with Gasteiger partial charge in [0.25, 0.3) is 11.5 Å². The van der Waals surface area contributed by atoms with Crippen LogP contribution in [-0.4, -0.2) is 10.5 Å². The van der Waals surface area contributed by atoms with Crippen LogP contribution < -0.4 is 10.9 Å². The van der Waals surface area contributed by atoms with Gasteiger partial charge in [0, 0.05) is 11.9 Å². The van der Waals surface area contributed by atoms with E-state index in [1.165, 1.54) is 10.6 Å². The van der Waals surface area contributed by atoms with Gasteiger partial charge in [-0.15, -0.1) is 0 Å². The number of carbonyl (C=O) groups excluding carboxylic acids is 1. The summed E-state index contributed by atoms with van der Waals surface area (Å²) in [6.45, 7) is 4.20. The molecule has 2 aromatic carbocycles. The Morgan fingerprint density at radius 1 is 1.00 bits per heavy atom. The summed E-state index contributed by atoms with van der Waals surface area (Å²) in [6, 6.07) is 14.1. The molecule has 6 heteroatoms. The van der Waals surface area contributed by atoms with Crippen LogP contribution in [0.25, 0.3) is 0 Å². The number of nitrogens with one attached hydrogen (secondary N) is 1. The van der Waals surface area contributed by atoms with Gasteiger partial charge in [-0.3, -0.25) is 9.59 Å². The zero-order valence-electron chi connectivity index (χ0n) is 14.9. The fraction of sp³-hybridized carbons (Fsp3) is 0.143. The number of carbonyl (C=O) groups is 1. The number of rotatable bonds is 4. The summed E-state index contributed by atoms with van der Waals surface area (Å²) in [5.41, 5.74) is 3.27. The molecule has 4 nitrogen and oxygen atoms in total.